The smallest absolute Gasteiger partial charge is 0.307 e. The van der Waals surface area contributed by atoms with Crippen LogP contribution in [0.3, 0.4) is 0 Å². The van der Waals surface area contributed by atoms with Gasteiger partial charge in [0.25, 0.3) is 0 Å². The van der Waals surface area contributed by atoms with Gasteiger partial charge in [0.2, 0.25) is 0 Å². The van der Waals surface area contributed by atoms with Gasteiger partial charge in [-0.2, -0.15) is 0 Å². The predicted octanol–water partition coefficient (Wildman–Crippen LogP) is 1.10. The Balaban J connectivity index is 3.53. The fourth-order valence-electron chi connectivity index (χ4n) is 0.583. The van der Waals surface area contributed by atoms with Crippen molar-refractivity contribution in [2.24, 2.45) is 0 Å². The molecule has 0 saturated heterocycles. The molecule has 65 valence electrons. The Hall–Kier alpha value is -0.570. The third-order valence-electron chi connectivity index (χ3n) is 0.926. The van der Waals surface area contributed by atoms with Crippen LogP contribution in [0.25, 0.3) is 0 Å². The van der Waals surface area contributed by atoms with E-state index in [9.17, 15) is 4.79 Å². The molecule has 0 spiro atoms. The Bertz CT molecular complexity index is 127. The molecule has 3 nitrogen and oxygen atoms in total. The third-order valence-corrected chi connectivity index (χ3v) is 0.926. The summed E-state index contributed by atoms with van der Waals surface area (Å²) in [6.07, 6.45) is 0.376. The van der Waals surface area contributed by atoms with E-state index >= 15 is 0 Å². The van der Waals surface area contributed by atoms with Crippen LogP contribution in [0.15, 0.2) is 0 Å². The number of rotatable bonds is 3. The van der Waals surface area contributed by atoms with Crippen molar-refractivity contribution in [1.82, 2.24) is 5.32 Å². The second-order valence-electron chi connectivity index (χ2n) is 3.34. The van der Waals surface area contributed by atoms with E-state index in [1.54, 1.807) is 0 Å². The van der Waals surface area contributed by atoms with E-state index < -0.39 is 0 Å². The van der Waals surface area contributed by atoms with Gasteiger partial charge in [-0.1, -0.05) is 0 Å². The average molecular weight is 158 g/mol. The molecule has 0 aromatic rings. The maximum absolute atomic E-state index is 10.9. The molecule has 0 aromatic heterocycles. The van der Waals surface area contributed by atoms with Crippen molar-refractivity contribution >= 4 is 5.97 Å². The number of carbonyl (C=O) groups excluding carboxylic acids is 1. The molecule has 11 heavy (non-hydrogen) atoms. The van der Waals surface area contributed by atoms with Gasteiger partial charge in [-0.25, -0.2) is 0 Å². The molecule has 1 N–H and O–H groups in total. The number of carbonyl (C=O) groups is 1. The summed E-state index contributed by atoms with van der Waals surface area (Å²) in [5.74, 6) is -0.186. The summed E-state index contributed by atoms with van der Waals surface area (Å²) in [5.41, 5.74) is -0.377. The van der Waals surface area contributed by atoms with Crippen LogP contribution in [0.4, 0.5) is 0 Å². The van der Waals surface area contributed by atoms with Crippen molar-refractivity contribution in [1.29, 1.82) is 0 Å². The highest BCUT2D eigenvalue weighted by Crippen LogP contribution is 2.07. The lowest BCUT2D eigenvalue weighted by Crippen LogP contribution is -2.25. The van der Waals surface area contributed by atoms with Gasteiger partial charge >= 0.3 is 5.97 Å². The average Bonchev–Trinajstić information content (AvgIpc) is 1.79. The summed E-state index contributed by atoms with van der Waals surface area (Å²) in [4.78, 5) is 10.9. The van der Waals surface area contributed by atoms with Crippen LogP contribution < -0.4 is 5.32 Å². The molecular formula is C8H16NO2. The Morgan fingerprint density at radius 3 is 2.45 bits per heavy atom. The fraction of sp³-hybridized carbons (Fsp3) is 0.750. The first-order valence-electron chi connectivity index (χ1n) is 3.67. The van der Waals surface area contributed by atoms with Gasteiger partial charge in [-0.3, -0.25) is 4.79 Å². The molecule has 0 atom stereocenters. The Morgan fingerprint density at radius 2 is 2.09 bits per heavy atom. The Labute approximate surface area is 68.1 Å². The lowest BCUT2D eigenvalue weighted by atomic mass is 10.2. The zero-order valence-electron chi connectivity index (χ0n) is 7.44. The van der Waals surface area contributed by atoms with Crippen LogP contribution in [0.5, 0.6) is 0 Å². The van der Waals surface area contributed by atoms with E-state index in [1.165, 1.54) is 0 Å². The van der Waals surface area contributed by atoms with Crippen molar-refractivity contribution < 1.29 is 9.53 Å². The zero-order valence-corrected chi connectivity index (χ0v) is 7.44. The van der Waals surface area contributed by atoms with E-state index in [-0.39, 0.29) is 11.6 Å². The normalized spacial score (nSPS) is 11.3. The van der Waals surface area contributed by atoms with Crippen LogP contribution in [0.1, 0.15) is 27.2 Å². The number of nitrogens with one attached hydrogen (secondary N) is 1. The van der Waals surface area contributed by atoms with Gasteiger partial charge in [0.05, 0.1) is 6.42 Å². The SMILES string of the molecule is [CH2]NCCC(=O)OC(C)(C)C. The third kappa shape index (κ3) is 7.33. The Kier molecular flexibility index (Phi) is 4.11. The van der Waals surface area contributed by atoms with Gasteiger partial charge in [-0.05, 0) is 20.8 Å². The molecule has 0 aliphatic rings. The second-order valence-corrected chi connectivity index (χ2v) is 3.34. The second kappa shape index (κ2) is 4.34. The summed E-state index contributed by atoms with van der Waals surface area (Å²) in [5, 5.41) is 2.63. The molecule has 0 fully saturated rings. The fourth-order valence-corrected chi connectivity index (χ4v) is 0.583. The lowest BCUT2D eigenvalue weighted by molar-refractivity contribution is -0.154. The van der Waals surface area contributed by atoms with Gasteiger partial charge in [0, 0.05) is 13.6 Å². The highest BCUT2D eigenvalue weighted by Gasteiger charge is 2.14. The number of hydrogen-bond donors (Lipinski definition) is 1. The largest absolute Gasteiger partial charge is 0.460 e. The summed E-state index contributed by atoms with van der Waals surface area (Å²) in [7, 11) is 3.40. The summed E-state index contributed by atoms with van der Waals surface area (Å²) in [6, 6.07) is 0. The molecule has 3 heteroatoms. The standard InChI is InChI=1S/C8H16NO2/c1-8(2,3)11-7(10)5-6-9-4/h9H,4-6H2,1-3H3. The number of hydrogen-bond acceptors (Lipinski definition) is 3. The van der Waals surface area contributed by atoms with Crippen molar-refractivity contribution in [3.63, 3.8) is 0 Å². The summed E-state index contributed by atoms with van der Waals surface area (Å²) in [6.45, 7) is 6.11. The van der Waals surface area contributed by atoms with Crippen LogP contribution in [-0.4, -0.2) is 18.1 Å². The maximum atomic E-state index is 10.9. The van der Waals surface area contributed by atoms with Gasteiger partial charge in [0.15, 0.2) is 0 Å². The highest BCUT2D eigenvalue weighted by atomic mass is 16.6. The summed E-state index contributed by atoms with van der Waals surface area (Å²) < 4.78 is 5.03. The molecule has 0 bridgehead atoms. The molecule has 0 heterocycles. The van der Waals surface area contributed by atoms with Crippen molar-refractivity contribution in [3.8, 4) is 0 Å². The van der Waals surface area contributed by atoms with E-state index in [0.717, 1.165) is 0 Å². The van der Waals surface area contributed by atoms with Crippen LogP contribution >= 0.6 is 0 Å². The van der Waals surface area contributed by atoms with Crippen LogP contribution in [0.2, 0.25) is 0 Å². The Morgan fingerprint density at radius 1 is 1.55 bits per heavy atom. The minimum atomic E-state index is -0.377. The predicted molar refractivity (Wildman–Crippen MR) is 43.8 cm³/mol. The molecule has 0 aliphatic heterocycles. The molecule has 0 unspecified atom stereocenters. The molecule has 0 rings (SSSR count). The van der Waals surface area contributed by atoms with Gasteiger partial charge < -0.3 is 10.1 Å². The maximum Gasteiger partial charge on any atom is 0.307 e. The van der Waals surface area contributed by atoms with Crippen LogP contribution in [0, 0.1) is 7.05 Å². The first kappa shape index (κ1) is 10.4. The van der Waals surface area contributed by atoms with Gasteiger partial charge in [0.1, 0.15) is 5.60 Å². The van der Waals surface area contributed by atoms with E-state index in [2.05, 4.69) is 12.4 Å². The van der Waals surface area contributed by atoms with Crippen molar-refractivity contribution in [2.45, 2.75) is 32.8 Å². The molecule has 1 radical (unpaired) electrons. The number of ether oxygens (including phenoxy) is 1. The van der Waals surface area contributed by atoms with Crippen LogP contribution in [-0.2, 0) is 9.53 Å². The monoisotopic (exact) mass is 158 g/mol. The van der Waals surface area contributed by atoms with Crippen molar-refractivity contribution in [3.05, 3.63) is 7.05 Å². The quantitative estimate of drug-likeness (QED) is 0.625. The van der Waals surface area contributed by atoms with E-state index in [0.29, 0.717) is 13.0 Å². The van der Waals surface area contributed by atoms with Crippen molar-refractivity contribution in [2.75, 3.05) is 6.54 Å². The van der Waals surface area contributed by atoms with E-state index in [1.807, 2.05) is 20.8 Å². The first-order valence-corrected chi connectivity index (χ1v) is 3.67. The van der Waals surface area contributed by atoms with Gasteiger partial charge in [-0.15, -0.1) is 0 Å². The number of esters is 1. The molecule has 0 amide bonds. The topological polar surface area (TPSA) is 38.3 Å². The summed E-state index contributed by atoms with van der Waals surface area (Å²) >= 11 is 0. The molecule has 0 aromatic carbocycles. The minimum Gasteiger partial charge on any atom is -0.460 e. The first-order chi connectivity index (χ1) is 4.95. The lowest BCUT2D eigenvalue weighted by Gasteiger charge is -2.19. The highest BCUT2D eigenvalue weighted by molar-refractivity contribution is 5.70. The zero-order chi connectivity index (χ0) is 8.91. The van der Waals surface area contributed by atoms with E-state index in [4.69, 9.17) is 4.74 Å². The minimum absolute atomic E-state index is 0.186. The molecule has 0 aliphatic carbocycles. The molecular weight excluding hydrogens is 142 g/mol. The molecule has 0 saturated carbocycles.